The van der Waals surface area contributed by atoms with E-state index >= 15 is 0 Å². The molecule has 0 saturated heterocycles. The van der Waals surface area contributed by atoms with E-state index in [1.165, 1.54) is 6.07 Å². The molecule has 1 aromatic rings. The van der Waals surface area contributed by atoms with Gasteiger partial charge < -0.3 is 5.11 Å². The Morgan fingerprint density at radius 1 is 1.45 bits per heavy atom. The van der Waals surface area contributed by atoms with Crippen molar-refractivity contribution in [3.05, 3.63) is 38.5 Å². The Hall–Kier alpha value is -0.830. The van der Waals surface area contributed by atoms with Gasteiger partial charge in [-0.1, -0.05) is 12.1 Å². The molecule has 0 aliphatic heterocycles. The quantitative estimate of drug-likeness (QED) is 0.716. The fourth-order valence-corrected chi connectivity index (χ4v) is 1.05. The van der Waals surface area contributed by atoms with Gasteiger partial charge in [0.1, 0.15) is 0 Å². The lowest BCUT2D eigenvalue weighted by Crippen LogP contribution is -1.92. The molecule has 0 bridgehead atoms. The third-order valence-electron chi connectivity index (χ3n) is 1.38. The second-order valence-electron chi connectivity index (χ2n) is 2.24. The Morgan fingerprint density at radius 3 is 2.73 bits per heavy atom. The van der Waals surface area contributed by atoms with Gasteiger partial charge in [0.2, 0.25) is 5.43 Å². The maximum absolute atomic E-state index is 10.9. The van der Waals surface area contributed by atoms with Crippen molar-refractivity contribution < 1.29 is 5.11 Å². The fraction of sp³-hybridized carbons (Fsp3) is 0.125. The number of aromatic hydroxyl groups is 1. The van der Waals surface area contributed by atoms with Crippen LogP contribution in [0.25, 0.3) is 0 Å². The normalized spacial score (nSPS) is 9.64. The summed E-state index contributed by atoms with van der Waals surface area (Å²) in [5, 5.41) is 9.19. The van der Waals surface area contributed by atoms with E-state index in [0.717, 1.165) is 5.56 Å². The van der Waals surface area contributed by atoms with E-state index in [-0.39, 0.29) is 11.2 Å². The van der Waals surface area contributed by atoms with Crippen molar-refractivity contribution in [2.45, 2.75) is 6.92 Å². The lowest BCUT2D eigenvalue weighted by molar-refractivity contribution is 0.467. The van der Waals surface area contributed by atoms with E-state index in [2.05, 4.69) is 15.9 Å². The van der Waals surface area contributed by atoms with Crippen molar-refractivity contribution in [2.24, 2.45) is 0 Å². The highest BCUT2D eigenvalue weighted by Crippen LogP contribution is 2.21. The van der Waals surface area contributed by atoms with Gasteiger partial charge in [0.25, 0.3) is 0 Å². The zero-order chi connectivity index (χ0) is 8.43. The zero-order valence-corrected chi connectivity index (χ0v) is 7.55. The highest BCUT2D eigenvalue weighted by Gasteiger charge is 2.01. The topological polar surface area (TPSA) is 37.3 Å². The number of aryl methyl sites for hydroxylation is 1. The average molecular weight is 215 g/mol. The van der Waals surface area contributed by atoms with Crippen LogP contribution in [0.5, 0.6) is 5.75 Å². The Labute approximate surface area is 72.6 Å². The summed E-state index contributed by atoms with van der Waals surface area (Å²) in [4.78, 5) is 10.9. The van der Waals surface area contributed by atoms with Gasteiger partial charge >= 0.3 is 0 Å². The molecule has 1 aromatic carbocycles. The van der Waals surface area contributed by atoms with E-state index in [1.54, 1.807) is 12.1 Å². The molecular weight excluding hydrogens is 208 g/mol. The van der Waals surface area contributed by atoms with Crippen LogP contribution in [0.3, 0.4) is 0 Å². The molecule has 0 aliphatic rings. The molecule has 3 heteroatoms. The highest BCUT2D eigenvalue weighted by molar-refractivity contribution is 9.10. The minimum Gasteiger partial charge on any atom is -0.503 e. The van der Waals surface area contributed by atoms with Crippen LogP contribution >= 0.6 is 15.9 Å². The van der Waals surface area contributed by atoms with Crippen molar-refractivity contribution in [3.63, 3.8) is 0 Å². The molecule has 58 valence electrons. The molecule has 0 heterocycles. The molecule has 0 saturated carbocycles. The van der Waals surface area contributed by atoms with Crippen LogP contribution in [-0.2, 0) is 0 Å². The molecule has 0 unspecified atom stereocenters. The predicted molar refractivity (Wildman–Crippen MR) is 46.8 cm³/mol. The lowest BCUT2D eigenvalue weighted by Gasteiger charge is -1.90. The van der Waals surface area contributed by atoms with Gasteiger partial charge in [0.15, 0.2) is 5.75 Å². The standard InChI is InChI=1S/C8H7BrO2/c1-5-3-2-4-6(10)8(11)7(5)9/h2-4H,1H3,(H,10,11). The van der Waals surface area contributed by atoms with E-state index in [0.29, 0.717) is 4.47 Å². The predicted octanol–water partition coefficient (Wildman–Crippen LogP) is 1.82. The van der Waals surface area contributed by atoms with Crippen LogP contribution < -0.4 is 5.43 Å². The number of halogens is 1. The number of hydrogen-bond acceptors (Lipinski definition) is 2. The first-order valence-corrected chi connectivity index (χ1v) is 3.90. The molecule has 1 N–H and O–H groups in total. The summed E-state index contributed by atoms with van der Waals surface area (Å²) >= 11 is 3.11. The molecule has 11 heavy (non-hydrogen) atoms. The molecule has 0 amide bonds. The van der Waals surface area contributed by atoms with E-state index < -0.39 is 0 Å². The summed E-state index contributed by atoms with van der Waals surface area (Å²) < 4.78 is 0.465. The van der Waals surface area contributed by atoms with Gasteiger partial charge in [-0.05, 0) is 34.5 Å². The average Bonchev–Trinajstić information content (AvgIpc) is 2.07. The molecule has 0 spiro atoms. The van der Waals surface area contributed by atoms with Crippen LogP contribution in [0.4, 0.5) is 0 Å². The summed E-state index contributed by atoms with van der Waals surface area (Å²) in [5.41, 5.74) is 0.467. The minimum atomic E-state index is -0.370. The third kappa shape index (κ3) is 1.60. The maximum Gasteiger partial charge on any atom is 0.221 e. The largest absolute Gasteiger partial charge is 0.503 e. The second-order valence-corrected chi connectivity index (χ2v) is 3.03. The van der Waals surface area contributed by atoms with Gasteiger partial charge in [-0.3, -0.25) is 4.79 Å². The van der Waals surface area contributed by atoms with Gasteiger partial charge in [0, 0.05) is 0 Å². The zero-order valence-electron chi connectivity index (χ0n) is 5.97. The summed E-state index contributed by atoms with van der Waals surface area (Å²) in [7, 11) is 0. The Kier molecular flexibility index (Phi) is 2.29. The lowest BCUT2D eigenvalue weighted by atomic mass is 10.3. The molecular formula is C8H7BrO2. The van der Waals surface area contributed by atoms with Gasteiger partial charge in [-0.2, -0.15) is 0 Å². The van der Waals surface area contributed by atoms with Crippen molar-refractivity contribution >= 4 is 15.9 Å². The van der Waals surface area contributed by atoms with E-state index in [4.69, 9.17) is 0 Å². The Morgan fingerprint density at radius 2 is 2.09 bits per heavy atom. The third-order valence-corrected chi connectivity index (χ3v) is 2.38. The summed E-state index contributed by atoms with van der Waals surface area (Å²) in [5.74, 6) is -0.229. The van der Waals surface area contributed by atoms with Gasteiger partial charge in [-0.25, -0.2) is 0 Å². The van der Waals surface area contributed by atoms with Crippen LogP contribution in [-0.4, -0.2) is 5.11 Å². The molecule has 2 nitrogen and oxygen atoms in total. The summed E-state index contributed by atoms with van der Waals surface area (Å²) in [6.07, 6.45) is 0. The van der Waals surface area contributed by atoms with Crippen LogP contribution in [0.1, 0.15) is 5.56 Å². The molecule has 0 radical (unpaired) electrons. The first kappa shape index (κ1) is 8.27. The Bertz CT molecular complexity index is 333. The van der Waals surface area contributed by atoms with E-state index in [1.807, 2.05) is 6.92 Å². The van der Waals surface area contributed by atoms with Crippen molar-refractivity contribution in [1.29, 1.82) is 0 Å². The van der Waals surface area contributed by atoms with Crippen molar-refractivity contribution in [2.75, 3.05) is 0 Å². The Balaban J connectivity index is 3.62. The van der Waals surface area contributed by atoms with Crippen LogP contribution in [0.2, 0.25) is 0 Å². The van der Waals surface area contributed by atoms with Crippen molar-refractivity contribution in [1.82, 2.24) is 0 Å². The fourth-order valence-electron chi connectivity index (χ4n) is 0.727. The maximum atomic E-state index is 10.9. The second kappa shape index (κ2) is 3.05. The summed E-state index contributed by atoms with van der Waals surface area (Å²) in [6.45, 7) is 1.81. The van der Waals surface area contributed by atoms with Crippen LogP contribution in [0, 0.1) is 6.92 Å². The minimum absolute atomic E-state index is 0.229. The number of hydrogen-bond donors (Lipinski definition) is 1. The SMILES string of the molecule is Cc1cccc(=O)c(O)c1Br. The van der Waals surface area contributed by atoms with Gasteiger partial charge in [-0.15, -0.1) is 0 Å². The molecule has 0 fully saturated rings. The molecule has 1 rings (SSSR count). The smallest absolute Gasteiger partial charge is 0.221 e. The first-order chi connectivity index (χ1) is 5.13. The van der Waals surface area contributed by atoms with E-state index in [9.17, 15) is 9.90 Å². The first-order valence-electron chi connectivity index (χ1n) is 3.11. The van der Waals surface area contributed by atoms with Gasteiger partial charge in [0.05, 0.1) is 4.47 Å². The molecule has 0 atom stereocenters. The molecule has 0 aliphatic carbocycles. The summed E-state index contributed by atoms with van der Waals surface area (Å²) in [6, 6.07) is 4.69. The van der Waals surface area contributed by atoms with Crippen LogP contribution in [0.15, 0.2) is 27.5 Å². The highest BCUT2D eigenvalue weighted by atomic mass is 79.9. The number of rotatable bonds is 0. The van der Waals surface area contributed by atoms with Crippen molar-refractivity contribution in [3.8, 4) is 5.75 Å². The molecule has 0 aromatic heterocycles. The monoisotopic (exact) mass is 214 g/mol.